The Kier molecular flexibility index (Phi) is 4.53. The maximum absolute atomic E-state index is 9.01. The lowest BCUT2D eigenvalue weighted by Crippen LogP contribution is -1.91. The third-order valence-electron chi connectivity index (χ3n) is 3.84. The van der Waals surface area contributed by atoms with Gasteiger partial charge in [-0.2, -0.15) is 0 Å². The van der Waals surface area contributed by atoms with Gasteiger partial charge in [-0.15, -0.1) is 0 Å². The lowest BCUT2D eigenvalue weighted by molar-refractivity contribution is 0.288. The third kappa shape index (κ3) is 3.17. The van der Waals surface area contributed by atoms with Gasteiger partial charge in [-0.1, -0.05) is 12.1 Å². The van der Waals surface area contributed by atoms with Crippen molar-refractivity contribution in [3.8, 4) is 22.8 Å². The van der Waals surface area contributed by atoms with Crippen LogP contribution in [0.25, 0.3) is 22.3 Å². The Bertz CT molecular complexity index is 804. The summed E-state index contributed by atoms with van der Waals surface area (Å²) >= 11 is 0. The van der Waals surface area contributed by atoms with Gasteiger partial charge >= 0.3 is 0 Å². The molecule has 0 aliphatic rings. The van der Waals surface area contributed by atoms with E-state index in [-0.39, 0.29) is 6.61 Å². The molecule has 23 heavy (non-hydrogen) atoms. The summed E-state index contributed by atoms with van der Waals surface area (Å²) in [6.45, 7) is 0.181. The van der Waals surface area contributed by atoms with Crippen LogP contribution < -0.4 is 9.47 Å². The molecule has 1 aromatic heterocycles. The van der Waals surface area contributed by atoms with Crippen LogP contribution in [0.2, 0.25) is 0 Å². The maximum Gasteiger partial charge on any atom is 0.176 e. The average molecular weight is 312 g/mol. The number of aliphatic hydroxyl groups excluding tert-OH is 1. The van der Waals surface area contributed by atoms with Gasteiger partial charge in [-0.3, -0.25) is 0 Å². The molecule has 0 unspecified atom stereocenters. The van der Waals surface area contributed by atoms with Gasteiger partial charge in [-0.25, -0.2) is 0 Å². The van der Waals surface area contributed by atoms with Crippen molar-refractivity contribution in [3.63, 3.8) is 0 Å². The fraction of sp³-hybridized carbons (Fsp3) is 0.263. The van der Waals surface area contributed by atoms with Crippen molar-refractivity contribution in [2.24, 2.45) is 0 Å². The molecule has 1 N–H and O–H groups in total. The molecule has 1 heterocycles. The smallest absolute Gasteiger partial charge is 0.176 e. The monoisotopic (exact) mass is 312 g/mol. The zero-order valence-electron chi connectivity index (χ0n) is 13.3. The first-order valence-corrected chi connectivity index (χ1v) is 7.61. The van der Waals surface area contributed by atoms with Crippen molar-refractivity contribution in [1.29, 1.82) is 0 Å². The van der Waals surface area contributed by atoms with E-state index in [9.17, 15) is 0 Å². The van der Waals surface area contributed by atoms with E-state index in [4.69, 9.17) is 19.0 Å². The van der Waals surface area contributed by atoms with Crippen molar-refractivity contribution in [2.45, 2.75) is 12.8 Å². The van der Waals surface area contributed by atoms with Crippen molar-refractivity contribution < 1.29 is 19.0 Å². The standard InChI is InChI=1S/C19H20O4/c1-21-16-7-3-6-14(11-16)17-12-15-9-13(5-4-8-20)10-18(22-2)19(15)23-17/h3,6-7,9-12,20H,4-5,8H2,1-2H3. The van der Waals surface area contributed by atoms with Crippen LogP contribution in [0.15, 0.2) is 46.9 Å². The molecule has 0 aliphatic carbocycles. The second kappa shape index (κ2) is 6.75. The molecule has 4 heteroatoms. The van der Waals surface area contributed by atoms with E-state index >= 15 is 0 Å². The Balaban J connectivity index is 2.06. The third-order valence-corrected chi connectivity index (χ3v) is 3.84. The maximum atomic E-state index is 9.01. The van der Waals surface area contributed by atoms with Crippen LogP contribution in [0, 0.1) is 0 Å². The number of fused-ring (bicyclic) bond motifs is 1. The van der Waals surface area contributed by atoms with Crippen LogP contribution in [0.5, 0.6) is 11.5 Å². The van der Waals surface area contributed by atoms with Crippen LogP contribution in [0.4, 0.5) is 0 Å². The van der Waals surface area contributed by atoms with Gasteiger partial charge < -0.3 is 19.0 Å². The number of furan rings is 1. The first kappa shape index (κ1) is 15.4. The highest BCUT2D eigenvalue weighted by Crippen LogP contribution is 2.35. The van der Waals surface area contributed by atoms with Crippen LogP contribution in [0.1, 0.15) is 12.0 Å². The SMILES string of the molecule is COc1cccc(-c2cc3cc(CCCO)cc(OC)c3o2)c1. The molecule has 4 nitrogen and oxygen atoms in total. The molecule has 0 atom stereocenters. The Morgan fingerprint density at radius 2 is 1.91 bits per heavy atom. The van der Waals surface area contributed by atoms with Gasteiger partial charge in [0.05, 0.1) is 14.2 Å². The van der Waals surface area contributed by atoms with E-state index in [0.717, 1.165) is 46.4 Å². The molecular formula is C19H20O4. The summed E-state index contributed by atoms with van der Waals surface area (Å²) in [5.74, 6) is 2.28. The summed E-state index contributed by atoms with van der Waals surface area (Å²) in [6.07, 6.45) is 1.54. The molecule has 2 aromatic carbocycles. The number of rotatable bonds is 6. The van der Waals surface area contributed by atoms with Gasteiger partial charge in [0.1, 0.15) is 11.5 Å². The van der Waals surface area contributed by atoms with Crippen molar-refractivity contribution >= 4 is 11.0 Å². The van der Waals surface area contributed by atoms with E-state index in [2.05, 4.69) is 6.07 Å². The number of aliphatic hydroxyl groups is 1. The number of methoxy groups -OCH3 is 2. The molecule has 0 amide bonds. The molecule has 3 aromatic rings. The minimum atomic E-state index is 0.181. The van der Waals surface area contributed by atoms with E-state index in [1.54, 1.807) is 14.2 Å². The second-order valence-corrected chi connectivity index (χ2v) is 5.39. The molecular weight excluding hydrogens is 292 g/mol. The zero-order valence-corrected chi connectivity index (χ0v) is 13.3. The molecule has 3 rings (SSSR count). The Morgan fingerprint density at radius 1 is 1.04 bits per heavy atom. The molecule has 0 saturated carbocycles. The average Bonchev–Trinajstić information content (AvgIpc) is 3.03. The van der Waals surface area contributed by atoms with Crippen LogP contribution in [-0.4, -0.2) is 25.9 Å². The van der Waals surface area contributed by atoms with Crippen LogP contribution in [0.3, 0.4) is 0 Å². The van der Waals surface area contributed by atoms with E-state index in [0.29, 0.717) is 5.75 Å². The Morgan fingerprint density at radius 3 is 2.65 bits per heavy atom. The lowest BCUT2D eigenvalue weighted by Gasteiger charge is -2.05. The van der Waals surface area contributed by atoms with Gasteiger partial charge in [0, 0.05) is 17.6 Å². The van der Waals surface area contributed by atoms with Gasteiger partial charge in [0.2, 0.25) is 0 Å². The quantitative estimate of drug-likeness (QED) is 0.746. The Labute approximate surface area is 135 Å². The summed E-state index contributed by atoms with van der Waals surface area (Å²) in [5.41, 5.74) is 2.82. The van der Waals surface area contributed by atoms with Crippen molar-refractivity contribution in [2.75, 3.05) is 20.8 Å². The summed E-state index contributed by atoms with van der Waals surface area (Å²) in [4.78, 5) is 0. The number of aryl methyl sites for hydroxylation is 1. The molecule has 0 aliphatic heterocycles. The van der Waals surface area contributed by atoms with Crippen LogP contribution in [-0.2, 0) is 6.42 Å². The summed E-state index contributed by atoms with van der Waals surface area (Å²) < 4.78 is 16.7. The second-order valence-electron chi connectivity index (χ2n) is 5.39. The largest absolute Gasteiger partial charge is 0.497 e. The van der Waals surface area contributed by atoms with Crippen molar-refractivity contribution in [1.82, 2.24) is 0 Å². The predicted molar refractivity (Wildman–Crippen MR) is 90.2 cm³/mol. The van der Waals surface area contributed by atoms with Gasteiger partial charge in [0.15, 0.2) is 11.3 Å². The molecule has 0 fully saturated rings. The minimum Gasteiger partial charge on any atom is -0.497 e. The number of benzene rings is 2. The highest BCUT2D eigenvalue weighted by Gasteiger charge is 2.13. The zero-order chi connectivity index (χ0) is 16.2. The first-order chi connectivity index (χ1) is 11.2. The Hall–Kier alpha value is -2.46. The number of hydrogen-bond donors (Lipinski definition) is 1. The summed E-state index contributed by atoms with van der Waals surface area (Å²) in [7, 11) is 3.28. The highest BCUT2D eigenvalue weighted by molar-refractivity contribution is 5.88. The summed E-state index contributed by atoms with van der Waals surface area (Å²) in [5, 5.41) is 10.0. The predicted octanol–water partition coefficient (Wildman–Crippen LogP) is 4.04. The molecule has 0 spiro atoms. The summed E-state index contributed by atoms with van der Waals surface area (Å²) in [6, 6.07) is 13.8. The van der Waals surface area contributed by atoms with Crippen molar-refractivity contribution in [3.05, 3.63) is 48.0 Å². The molecule has 0 radical (unpaired) electrons. The first-order valence-electron chi connectivity index (χ1n) is 7.61. The highest BCUT2D eigenvalue weighted by atomic mass is 16.5. The molecule has 0 saturated heterocycles. The van der Waals surface area contributed by atoms with Gasteiger partial charge in [0.25, 0.3) is 0 Å². The van der Waals surface area contributed by atoms with E-state index in [1.165, 1.54) is 0 Å². The molecule has 0 bridgehead atoms. The van der Waals surface area contributed by atoms with Gasteiger partial charge in [-0.05, 0) is 48.7 Å². The topological polar surface area (TPSA) is 51.8 Å². The van der Waals surface area contributed by atoms with Crippen LogP contribution >= 0.6 is 0 Å². The van der Waals surface area contributed by atoms with E-state index < -0.39 is 0 Å². The minimum absolute atomic E-state index is 0.181. The number of hydrogen-bond acceptors (Lipinski definition) is 4. The number of ether oxygens (including phenoxy) is 2. The fourth-order valence-corrected chi connectivity index (χ4v) is 2.68. The van der Waals surface area contributed by atoms with E-state index in [1.807, 2.05) is 36.4 Å². The molecule has 120 valence electrons. The fourth-order valence-electron chi connectivity index (χ4n) is 2.68. The normalized spacial score (nSPS) is 10.9. The lowest BCUT2D eigenvalue weighted by atomic mass is 10.1.